The molecule has 128 valence electrons. The van der Waals surface area contributed by atoms with E-state index >= 15 is 0 Å². The summed E-state index contributed by atoms with van der Waals surface area (Å²) in [5.41, 5.74) is 5.49. The highest BCUT2D eigenvalue weighted by Gasteiger charge is 2.55. The van der Waals surface area contributed by atoms with Crippen LogP contribution in [-0.4, -0.2) is 30.8 Å². The maximum atomic E-state index is 6.15. The van der Waals surface area contributed by atoms with Gasteiger partial charge in [0.15, 0.2) is 11.5 Å². The van der Waals surface area contributed by atoms with E-state index in [0.717, 1.165) is 11.5 Å². The highest BCUT2D eigenvalue weighted by atomic mass is 16.7. The molecule has 3 rings (SSSR count). The first kappa shape index (κ1) is 16.6. The second-order valence-electron chi connectivity index (χ2n) is 9.07. The first-order valence-electron chi connectivity index (χ1n) is 8.55. The number of fused-ring (bicyclic) bond motifs is 2. The zero-order chi connectivity index (χ0) is 17.5. The SMILES string of the molecule is Cc1c2c(c(C)c3c1C(C)(C)C(N(C)C)C3(C)C)OC(C)(C)O2. The zero-order valence-electron chi connectivity index (χ0n) is 16.3. The van der Waals surface area contributed by atoms with Crippen molar-refractivity contribution in [3.63, 3.8) is 0 Å². The van der Waals surface area contributed by atoms with Crippen LogP contribution in [-0.2, 0) is 10.8 Å². The third-order valence-corrected chi connectivity index (χ3v) is 5.76. The maximum absolute atomic E-state index is 6.15. The molecule has 0 amide bonds. The van der Waals surface area contributed by atoms with Gasteiger partial charge in [-0.05, 0) is 50.2 Å². The van der Waals surface area contributed by atoms with E-state index < -0.39 is 5.79 Å². The summed E-state index contributed by atoms with van der Waals surface area (Å²) in [6.07, 6.45) is 0. The monoisotopic (exact) mass is 317 g/mol. The van der Waals surface area contributed by atoms with Crippen LogP contribution in [0.15, 0.2) is 0 Å². The fourth-order valence-corrected chi connectivity index (χ4v) is 5.78. The van der Waals surface area contributed by atoms with Crippen molar-refractivity contribution in [3.05, 3.63) is 22.3 Å². The molecule has 0 N–H and O–H groups in total. The molecule has 23 heavy (non-hydrogen) atoms. The van der Waals surface area contributed by atoms with Crippen molar-refractivity contribution in [1.82, 2.24) is 4.90 Å². The Bertz CT molecular complexity index is 631. The van der Waals surface area contributed by atoms with Crippen molar-refractivity contribution in [2.24, 2.45) is 0 Å². The Morgan fingerprint density at radius 2 is 1.09 bits per heavy atom. The lowest BCUT2D eigenvalue weighted by molar-refractivity contribution is -0.0437. The molecule has 0 saturated carbocycles. The van der Waals surface area contributed by atoms with Gasteiger partial charge in [-0.25, -0.2) is 0 Å². The molecule has 0 saturated heterocycles. The average molecular weight is 317 g/mol. The Labute approximate surface area is 141 Å². The molecule has 0 unspecified atom stereocenters. The molecule has 1 aliphatic carbocycles. The van der Waals surface area contributed by atoms with Gasteiger partial charge >= 0.3 is 0 Å². The van der Waals surface area contributed by atoms with Gasteiger partial charge in [-0.2, -0.15) is 0 Å². The summed E-state index contributed by atoms with van der Waals surface area (Å²) < 4.78 is 12.3. The molecule has 0 aromatic heterocycles. The van der Waals surface area contributed by atoms with Crippen molar-refractivity contribution in [1.29, 1.82) is 0 Å². The van der Waals surface area contributed by atoms with Crippen LogP contribution in [0.4, 0.5) is 0 Å². The van der Waals surface area contributed by atoms with E-state index in [1.165, 1.54) is 22.3 Å². The highest BCUT2D eigenvalue weighted by Crippen LogP contribution is 2.59. The lowest BCUT2D eigenvalue weighted by Crippen LogP contribution is -2.49. The fraction of sp³-hybridized carbons (Fsp3) is 0.700. The van der Waals surface area contributed by atoms with Crippen molar-refractivity contribution in [2.45, 2.75) is 78.0 Å². The quantitative estimate of drug-likeness (QED) is 0.770. The number of rotatable bonds is 1. The van der Waals surface area contributed by atoms with Crippen molar-refractivity contribution < 1.29 is 9.47 Å². The third kappa shape index (κ3) is 1.98. The van der Waals surface area contributed by atoms with Gasteiger partial charge in [-0.15, -0.1) is 0 Å². The number of benzene rings is 1. The van der Waals surface area contributed by atoms with Crippen molar-refractivity contribution >= 4 is 0 Å². The van der Waals surface area contributed by atoms with E-state index in [9.17, 15) is 0 Å². The van der Waals surface area contributed by atoms with E-state index in [-0.39, 0.29) is 10.8 Å². The minimum absolute atomic E-state index is 0.0578. The van der Waals surface area contributed by atoms with E-state index in [2.05, 4.69) is 60.5 Å². The largest absolute Gasteiger partial charge is 0.449 e. The molecular formula is C20H31NO2. The minimum atomic E-state index is -0.581. The molecule has 0 fully saturated rings. The molecule has 0 spiro atoms. The summed E-state index contributed by atoms with van der Waals surface area (Å²) in [7, 11) is 4.38. The molecule has 3 heteroatoms. The van der Waals surface area contributed by atoms with Crippen LogP contribution in [0.2, 0.25) is 0 Å². The van der Waals surface area contributed by atoms with E-state index in [4.69, 9.17) is 9.47 Å². The predicted octanol–water partition coefficient (Wildman–Crippen LogP) is 4.31. The summed E-state index contributed by atoms with van der Waals surface area (Å²) in [6, 6.07) is 0.429. The lowest BCUT2D eigenvalue weighted by atomic mass is 9.74. The van der Waals surface area contributed by atoms with Gasteiger partial charge in [0.1, 0.15) is 0 Å². The van der Waals surface area contributed by atoms with Crippen LogP contribution < -0.4 is 9.47 Å². The Morgan fingerprint density at radius 3 is 1.39 bits per heavy atom. The summed E-state index contributed by atoms with van der Waals surface area (Å²) in [5.74, 6) is 1.30. The smallest absolute Gasteiger partial charge is 0.246 e. The van der Waals surface area contributed by atoms with E-state index in [1.54, 1.807) is 0 Å². The Balaban J connectivity index is 2.36. The van der Waals surface area contributed by atoms with Gasteiger partial charge in [-0.1, -0.05) is 27.7 Å². The van der Waals surface area contributed by atoms with Gasteiger partial charge in [0.25, 0.3) is 0 Å². The number of likely N-dealkylation sites (N-methyl/N-ethyl adjacent to an activating group) is 1. The first-order valence-corrected chi connectivity index (χ1v) is 8.55. The van der Waals surface area contributed by atoms with Gasteiger partial charge in [0.05, 0.1) is 0 Å². The second kappa shape index (κ2) is 4.44. The first-order chi connectivity index (χ1) is 10.3. The predicted molar refractivity (Wildman–Crippen MR) is 94.8 cm³/mol. The van der Waals surface area contributed by atoms with E-state index in [0.29, 0.717) is 6.04 Å². The zero-order valence-corrected chi connectivity index (χ0v) is 16.3. The Kier molecular flexibility index (Phi) is 3.21. The minimum Gasteiger partial charge on any atom is -0.449 e. The van der Waals surface area contributed by atoms with Crippen molar-refractivity contribution in [3.8, 4) is 11.5 Å². The van der Waals surface area contributed by atoms with E-state index in [1.807, 2.05) is 13.8 Å². The number of hydrogen-bond donors (Lipinski definition) is 0. The topological polar surface area (TPSA) is 21.7 Å². The van der Waals surface area contributed by atoms with Crippen LogP contribution in [0.5, 0.6) is 11.5 Å². The van der Waals surface area contributed by atoms with Crippen LogP contribution in [0.25, 0.3) is 0 Å². The summed E-state index contributed by atoms with van der Waals surface area (Å²) in [5, 5.41) is 0. The number of ether oxygens (including phenoxy) is 2. The molecular weight excluding hydrogens is 286 g/mol. The van der Waals surface area contributed by atoms with Crippen molar-refractivity contribution in [2.75, 3.05) is 14.1 Å². The molecule has 1 aromatic carbocycles. The summed E-state index contributed by atoms with van der Waals surface area (Å²) >= 11 is 0. The molecule has 0 radical (unpaired) electrons. The molecule has 3 nitrogen and oxygen atoms in total. The van der Waals surface area contributed by atoms with Crippen LogP contribution in [0, 0.1) is 13.8 Å². The lowest BCUT2D eigenvalue weighted by Gasteiger charge is -2.41. The van der Waals surface area contributed by atoms with Gasteiger partial charge in [-0.3, -0.25) is 0 Å². The second-order valence-corrected chi connectivity index (χ2v) is 9.07. The number of hydrogen-bond acceptors (Lipinski definition) is 3. The standard InChI is InChI=1S/C20H31NO2/c1-11-13-14(12(2)16-15(11)22-20(7,8)23-16)19(5,6)17(21(9)10)18(13,3)4/h17H,1-10H3. The Hall–Kier alpha value is -1.22. The fourth-order valence-electron chi connectivity index (χ4n) is 5.78. The van der Waals surface area contributed by atoms with Crippen LogP contribution in [0.3, 0.4) is 0 Å². The highest BCUT2D eigenvalue weighted by molar-refractivity contribution is 5.67. The van der Waals surface area contributed by atoms with Gasteiger partial charge in [0.2, 0.25) is 5.79 Å². The van der Waals surface area contributed by atoms with Gasteiger partial charge in [0, 0.05) is 30.7 Å². The average Bonchev–Trinajstić information content (AvgIpc) is 2.75. The van der Waals surface area contributed by atoms with Crippen LogP contribution in [0.1, 0.15) is 63.8 Å². The number of nitrogens with zero attached hydrogens (tertiary/aromatic N) is 1. The molecule has 2 aliphatic rings. The molecule has 1 aromatic rings. The van der Waals surface area contributed by atoms with Crippen LogP contribution >= 0.6 is 0 Å². The molecule has 0 bridgehead atoms. The van der Waals surface area contributed by atoms with Gasteiger partial charge < -0.3 is 14.4 Å². The molecule has 1 heterocycles. The normalized spacial score (nSPS) is 23.4. The Morgan fingerprint density at radius 1 is 0.739 bits per heavy atom. The third-order valence-electron chi connectivity index (χ3n) is 5.76. The molecule has 0 atom stereocenters. The maximum Gasteiger partial charge on any atom is 0.246 e. The summed E-state index contributed by atoms with van der Waals surface area (Å²) in [6.45, 7) is 17.8. The summed E-state index contributed by atoms with van der Waals surface area (Å²) in [4.78, 5) is 2.37. The molecule has 1 aliphatic heterocycles.